The molecule has 3 heterocycles. The van der Waals surface area contributed by atoms with E-state index in [1.807, 2.05) is 42.7 Å². The second kappa shape index (κ2) is 7.64. The highest BCUT2D eigenvalue weighted by Crippen LogP contribution is 2.21. The third kappa shape index (κ3) is 5.11. The van der Waals surface area contributed by atoms with Crippen LogP contribution in [0.4, 0.5) is 10.5 Å². The first-order valence-corrected chi connectivity index (χ1v) is 9.28. The summed E-state index contributed by atoms with van der Waals surface area (Å²) in [7, 11) is 0. The van der Waals surface area contributed by atoms with Crippen LogP contribution in [-0.4, -0.2) is 58.2 Å². The lowest BCUT2D eigenvalue weighted by Gasteiger charge is -2.28. The number of amides is 1. The van der Waals surface area contributed by atoms with Crippen LogP contribution in [0.3, 0.4) is 0 Å². The van der Waals surface area contributed by atoms with Crippen molar-refractivity contribution < 1.29 is 14.3 Å². The third-order valence-electron chi connectivity index (χ3n) is 4.59. The molecule has 25 heavy (non-hydrogen) atoms. The first-order chi connectivity index (χ1) is 11.9. The summed E-state index contributed by atoms with van der Waals surface area (Å²) in [6, 6.07) is 0.163. The SMILES string of the molecule is CC(C)(C)OC(=O)N1CCCC1CNc1cnn(CC2CCCO2)c1. The molecular weight excluding hydrogens is 320 g/mol. The van der Waals surface area contributed by atoms with Gasteiger partial charge in [0.05, 0.1) is 30.6 Å². The predicted octanol–water partition coefficient (Wildman–Crippen LogP) is 2.87. The molecule has 7 nitrogen and oxygen atoms in total. The molecule has 0 bridgehead atoms. The number of nitrogens with zero attached hydrogens (tertiary/aromatic N) is 3. The van der Waals surface area contributed by atoms with Gasteiger partial charge in [0.2, 0.25) is 0 Å². The molecule has 2 aliphatic rings. The number of rotatable bonds is 5. The van der Waals surface area contributed by atoms with Crippen LogP contribution in [0.1, 0.15) is 46.5 Å². The van der Waals surface area contributed by atoms with E-state index in [-0.39, 0.29) is 18.2 Å². The molecule has 2 saturated heterocycles. The van der Waals surface area contributed by atoms with Gasteiger partial charge in [0.15, 0.2) is 0 Å². The highest BCUT2D eigenvalue weighted by molar-refractivity contribution is 5.69. The van der Waals surface area contributed by atoms with Gasteiger partial charge < -0.3 is 19.7 Å². The van der Waals surface area contributed by atoms with Gasteiger partial charge in [-0.15, -0.1) is 0 Å². The van der Waals surface area contributed by atoms with Gasteiger partial charge in [0.25, 0.3) is 0 Å². The standard InChI is InChI=1S/C18H30N4O3/c1-18(2,3)25-17(23)22-8-4-6-15(22)11-19-14-10-20-21(12-14)13-16-7-5-9-24-16/h10,12,15-16,19H,4-9,11,13H2,1-3H3. The Bertz CT molecular complexity index is 575. The van der Waals surface area contributed by atoms with E-state index in [2.05, 4.69) is 10.4 Å². The Morgan fingerprint density at radius 3 is 2.96 bits per heavy atom. The number of carbonyl (C=O) groups is 1. The Hall–Kier alpha value is -1.76. The first-order valence-electron chi connectivity index (χ1n) is 9.28. The number of anilines is 1. The van der Waals surface area contributed by atoms with Gasteiger partial charge in [-0.2, -0.15) is 5.10 Å². The zero-order valence-electron chi connectivity index (χ0n) is 15.5. The topological polar surface area (TPSA) is 68.6 Å². The van der Waals surface area contributed by atoms with Crippen molar-refractivity contribution in [3.63, 3.8) is 0 Å². The van der Waals surface area contributed by atoms with Crippen LogP contribution < -0.4 is 5.32 Å². The highest BCUT2D eigenvalue weighted by Gasteiger charge is 2.32. The molecule has 1 aromatic rings. The van der Waals surface area contributed by atoms with E-state index in [1.165, 1.54) is 0 Å². The minimum absolute atomic E-state index is 0.163. The van der Waals surface area contributed by atoms with Gasteiger partial charge in [0, 0.05) is 25.9 Å². The van der Waals surface area contributed by atoms with Crippen molar-refractivity contribution in [2.75, 3.05) is 25.0 Å². The van der Waals surface area contributed by atoms with E-state index in [0.29, 0.717) is 6.54 Å². The van der Waals surface area contributed by atoms with Crippen molar-refractivity contribution in [2.45, 2.75) is 70.7 Å². The van der Waals surface area contributed by atoms with Crippen LogP contribution in [0, 0.1) is 0 Å². The van der Waals surface area contributed by atoms with Crippen molar-refractivity contribution in [3.8, 4) is 0 Å². The van der Waals surface area contributed by atoms with Gasteiger partial charge in [-0.1, -0.05) is 0 Å². The Kier molecular flexibility index (Phi) is 5.51. The third-order valence-corrected chi connectivity index (χ3v) is 4.59. The van der Waals surface area contributed by atoms with Crippen LogP contribution in [0.5, 0.6) is 0 Å². The lowest BCUT2D eigenvalue weighted by molar-refractivity contribution is 0.0235. The first kappa shape index (κ1) is 18.0. The van der Waals surface area contributed by atoms with Gasteiger partial charge in [0.1, 0.15) is 5.60 Å². The van der Waals surface area contributed by atoms with Crippen molar-refractivity contribution in [1.82, 2.24) is 14.7 Å². The number of nitrogens with one attached hydrogen (secondary N) is 1. The van der Waals surface area contributed by atoms with E-state index in [1.54, 1.807) is 0 Å². The largest absolute Gasteiger partial charge is 0.444 e. The average Bonchev–Trinajstić information content (AvgIpc) is 3.25. The molecular formula is C18H30N4O3. The normalized spacial score (nSPS) is 23.9. The monoisotopic (exact) mass is 350 g/mol. The molecule has 2 unspecified atom stereocenters. The van der Waals surface area contributed by atoms with Crippen molar-refractivity contribution in [2.24, 2.45) is 0 Å². The second-order valence-electron chi connectivity index (χ2n) is 7.94. The maximum absolute atomic E-state index is 12.3. The summed E-state index contributed by atoms with van der Waals surface area (Å²) in [6.07, 6.45) is 8.17. The molecule has 3 rings (SSSR count). The minimum atomic E-state index is -0.457. The lowest BCUT2D eigenvalue weighted by Crippen LogP contribution is -2.42. The molecule has 0 spiro atoms. The Morgan fingerprint density at radius 2 is 2.24 bits per heavy atom. The molecule has 1 aromatic heterocycles. The highest BCUT2D eigenvalue weighted by atomic mass is 16.6. The van der Waals surface area contributed by atoms with Crippen LogP contribution in [0.2, 0.25) is 0 Å². The Balaban J connectivity index is 1.48. The van der Waals surface area contributed by atoms with E-state index < -0.39 is 5.60 Å². The van der Waals surface area contributed by atoms with Gasteiger partial charge >= 0.3 is 6.09 Å². The number of ether oxygens (including phenoxy) is 2. The average molecular weight is 350 g/mol. The fraction of sp³-hybridized carbons (Fsp3) is 0.778. The van der Waals surface area contributed by atoms with Gasteiger partial charge in [-0.3, -0.25) is 4.68 Å². The number of aromatic nitrogens is 2. The number of hydrogen-bond donors (Lipinski definition) is 1. The summed E-state index contributed by atoms with van der Waals surface area (Å²) in [5, 5.41) is 7.80. The fourth-order valence-electron chi connectivity index (χ4n) is 3.40. The Labute approximate surface area is 149 Å². The molecule has 0 saturated carbocycles. The number of likely N-dealkylation sites (tertiary alicyclic amines) is 1. The number of carbonyl (C=O) groups excluding carboxylic acids is 1. The molecule has 1 amide bonds. The van der Waals surface area contributed by atoms with E-state index in [9.17, 15) is 4.79 Å². The molecule has 2 atom stereocenters. The lowest BCUT2D eigenvalue weighted by atomic mass is 10.2. The molecule has 7 heteroatoms. The Morgan fingerprint density at radius 1 is 1.40 bits per heavy atom. The molecule has 2 fully saturated rings. The quantitative estimate of drug-likeness (QED) is 0.884. The zero-order valence-corrected chi connectivity index (χ0v) is 15.5. The molecule has 0 aromatic carbocycles. The summed E-state index contributed by atoms with van der Waals surface area (Å²) in [6.45, 7) is 8.84. The molecule has 0 aliphatic carbocycles. The van der Waals surface area contributed by atoms with Crippen molar-refractivity contribution >= 4 is 11.8 Å². The summed E-state index contributed by atoms with van der Waals surface area (Å²) in [5.41, 5.74) is 0.523. The van der Waals surface area contributed by atoms with Crippen molar-refractivity contribution in [1.29, 1.82) is 0 Å². The van der Waals surface area contributed by atoms with Crippen LogP contribution in [0.25, 0.3) is 0 Å². The molecule has 2 aliphatic heterocycles. The maximum atomic E-state index is 12.3. The van der Waals surface area contributed by atoms with Crippen LogP contribution in [-0.2, 0) is 16.0 Å². The van der Waals surface area contributed by atoms with Crippen LogP contribution in [0.15, 0.2) is 12.4 Å². The van der Waals surface area contributed by atoms with Crippen LogP contribution >= 0.6 is 0 Å². The van der Waals surface area contributed by atoms with E-state index in [0.717, 1.165) is 51.1 Å². The van der Waals surface area contributed by atoms with Crippen molar-refractivity contribution in [3.05, 3.63) is 12.4 Å². The second-order valence-corrected chi connectivity index (χ2v) is 7.94. The maximum Gasteiger partial charge on any atom is 0.410 e. The van der Waals surface area contributed by atoms with E-state index in [4.69, 9.17) is 9.47 Å². The fourth-order valence-corrected chi connectivity index (χ4v) is 3.40. The molecule has 1 N–H and O–H groups in total. The number of hydrogen-bond acceptors (Lipinski definition) is 5. The molecule has 140 valence electrons. The summed E-state index contributed by atoms with van der Waals surface area (Å²) >= 11 is 0. The zero-order chi connectivity index (χ0) is 17.9. The molecule has 0 radical (unpaired) electrons. The van der Waals surface area contributed by atoms with Gasteiger partial charge in [-0.05, 0) is 46.5 Å². The summed E-state index contributed by atoms with van der Waals surface area (Å²) in [5.74, 6) is 0. The predicted molar refractivity (Wildman–Crippen MR) is 95.7 cm³/mol. The minimum Gasteiger partial charge on any atom is -0.444 e. The van der Waals surface area contributed by atoms with Gasteiger partial charge in [-0.25, -0.2) is 4.79 Å². The smallest absolute Gasteiger partial charge is 0.410 e. The van der Waals surface area contributed by atoms with E-state index >= 15 is 0 Å². The summed E-state index contributed by atoms with van der Waals surface area (Å²) in [4.78, 5) is 14.2. The summed E-state index contributed by atoms with van der Waals surface area (Å²) < 4.78 is 13.1.